The molecule has 8 rings (SSSR count). The maximum atomic E-state index is 13.5. The number of alkyl carbamates (subject to hydrolysis) is 2. The Kier molecular flexibility index (Phi) is 21.4. The van der Waals surface area contributed by atoms with Gasteiger partial charge in [0.25, 0.3) is 5.69 Å². The van der Waals surface area contributed by atoms with E-state index in [9.17, 15) is 29.3 Å². The zero-order chi connectivity index (χ0) is 52.8. The summed E-state index contributed by atoms with van der Waals surface area (Å²) in [5.41, 5.74) is 11.5. The van der Waals surface area contributed by atoms with Crippen molar-refractivity contribution < 1.29 is 33.6 Å². The van der Waals surface area contributed by atoms with Crippen LogP contribution in [0.4, 0.5) is 21.0 Å². The minimum Gasteiger partial charge on any atom is -0.453 e. The number of nitro benzene ring substituents is 1. The second-order valence-corrected chi connectivity index (χ2v) is 19.7. The molecule has 0 bridgehead atoms. The molecule has 384 valence electrons. The lowest BCUT2D eigenvalue weighted by atomic mass is 10.0. The lowest BCUT2D eigenvalue weighted by molar-refractivity contribution is -0.384. The fourth-order valence-electron chi connectivity index (χ4n) is 7.32. The Morgan fingerprint density at radius 3 is 1.30 bits per heavy atom. The van der Waals surface area contributed by atoms with Gasteiger partial charge in [0.15, 0.2) is 0 Å². The Hall–Kier alpha value is -7.78. The SMILES string of the molecule is CC.COC(=O)N[C@H](Cc1ccccc1)C(=O)N[C@H](Cc1ccc(N)cc1)c1csc(-c2cccs2)n1.COC(=O)N[C@H](Cc1ccccc1)C(=O)N[C@H](Cc1ccc([N+](=O)[O-])cc1)c1csc(-c2cccs2)n1. The molecule has 4 aromatic heterocycles. The second-order valence-electron chi connectivity index (χ2n) is 16.1. The summed E-state index contributed by atoms with van der Waals surface area (Å²) in [6, 6.07) is 38.0. The van der Waals surface area contributed by atoms with E-state index in [0.717, 1.165) is 47.7 Å². The minimum atomic E-state index is -0.885. The van der Waals surface area contributed by atoms with Gasteiger partial charge in [0.2, 0.25) is 11.8 Å². The summed E-state index contributed by atoms with van der Waals surface area (Å²) in [5.74, 6) is -0.711. The van der Waals surface area contributed by atoms with Crippen molar-refractivity contribution in [1.82, 2.24) is 31.2 Å². The molecule has 4 heterocycles. The number of carbonyl (C=O) groups excluding carboxylic acids is 4. The molecule has 4 amide bonds. The molecule has 6 N–H and O–H groups in total. The highest BCUT2D eigenvalue weighted by Crippen LogP contribution is 2.32. The summed E-state index contributed by atoms with van der Waals surface area (Å²) >= 11 is 6.21. The van der Waals surface area contributed by atoms with Crippen molar-refractivity contribution in [3.63, 3.8) is 0 Å². The van der Waals surface area contributed by atoms with Crippen molar-refractivity contribution in [2.75, 3.05) is 20.0 Å². The molecule has 4 atom stereocenters. The summed E-state index contributed by atoms with van der Waals surface area (Å²) in [7, 11) is 2.52. The number of aromatic nitrogens is 2. The number of carbonyl (C=O) groups is 4. The summed E-state index contributed by atoms with van der Waals surface area (Å²) in [5, 5.41) is 32.1. The van der Waals surface area contributed by atoms with Crippen LogP contribution >= 0.6 is 45.3 Å². The van der Waals surface area contributed by atoms with Crippen LogP contribution in [0.5, 0.6) is 0 Å². The number of nitro groups is 1. The molecular formula is C54H56N8O8S4. The monoisotopic (exact) mass is 1070 g/mol. The zero-order valence-corrected chi connectivity index (χ0v) is 44.2. The van der Waals surface area contributed by atoms with E-state index in [1.165, 1.54) is 49.0 Å². The molecule has 0 radical (unpaired) electrons. The maximum absolute atomic E-state index is 13.5. The van der Waals surface area contributed by atoms with E-state index in [1.807, 2.05) is 145 Å². The maximum Gasteiger partial charge on any atom is 0.407 e. The number of hydrogen-bond acceptors (Lipinski definition) is 15. The van der Waals surface area contributed by atoms with E-state index in [-0.39, 0.29) is 18.0 Å². The highest BCUT2D eigenvalue weighted by molar-refractivity contribution is 7.20. The van der Waals surface area contributed by atoms with E-state index in [4.69, 9.17) is 25.2 Å². The highest BCUT2D eigenvalue weighted by atomic mass is 32.1. The number of thiazole rings is 2. The molecular weight excluding hydrogens is 1020 g/mol. The smallest absolute Gasteiger partial charge is 0.407 e. The molecule has 0 aliphatic heterocycles. The van der Waals surface area contributed by atoms with Gasteiger partial charge in [0, 0.05) is 41.4 Å². The third-order valence-electron chi connectivity index (χ3n) is 11.0. The number of non-ortho nitro benzene ring substituents is 1. The van der Waals surface area contributed by atoms with Gasteiger partial charge in [-0.3, -0.25) is 19.7 Å². The Labute approximate surface area is 445 Å². The molecule has 16 nitrogen and oxygen atoms in total. The number of anilines is 1. The van der Waals surface area contributed by atoms with E-state index < -0.39 is 47.2 Å². The number of ether oxygens (including phenoxy) is 2. The number of nitrogens with two attached hydrogens (primary N) is 1. The Bertz CT molecular complexity index is 2990. The number of thiophene rings is 2. The van der Waals surface area contributed by atoms with Gasteiger partial charge in [0.1, 0.15) is 22.1 Å². The van der Waals surface area contributed by atoms with Gasteiger partial charge in [-0.2, -0.15) is 0 Å². The molecule has 0 aliphatic carbocycles. The minimum absolute atomic E-state index is 0.0109. The van der Waals surface area contributed by atoms with Gasteiger partial charge in [0.05, 0.1) is 52.4 Å². The van der Waals surface area contributed by atoms with Crippen molar-refractivity contribution >= 4 is 80.7 Å². The number of nitrogen functional groups attached to an aromatic ring is 1. The standard InChI is InChI=1S/C26H24N4O5S2.C26H26N4O3S2.C2H6/c1-35-26(32)29-21(15-17-6-3-2-4-7-17)24(31)27-20(14-18-9-11-19(12-10-18)30(33)34)22-16-37-25(28-22)23-8-5-13-36-23;1-33-26(32)30-21(15-17-6-3-2-4-7-17)24(31)28-20(14-18-9-11-19(27)12-10-18)22-16-35-25(29-22)23-8-5-13-34-23;1-2/h2-13,16,20-21H,14-15H2,1H3,(H,27,31)(H,29,32);2-13,16,20-21H,14-15,27H2,1H3,(H,28,31)(H,30,32);1-2H3/t2*20-,21-;/m11./s1. The Balaban J connectivity index is 0.000000234. The normalized spacial score (nSPS) is 12.2. The van der Waals surface area contributed by atoms with Gasteiger partial charge in [-0.05, 0) is 70.1 Å². The molecule has 0 spiro atoms. The molecule has 20 heteroatoms. The number of rotatable bonds is 19. The molecule has 0 saturated heterocycles. The van der Waals surface area contributed by atoms with Crippen molar-refractivity contribution in [2.24, 2.45) is 0 Å². The van der Waals surface area contributed by atoms with Crippen molar-refractivity contribution in [3.8, 4) is 19.8 Å². The lowest BCUT2D eigenvalue weighted by Gasteiger charge is -2.23. The topological polar surface area (TPSA) is 230 Å². The van der Waals surface area contributed by atoms with Crippen molar-refractivity contribution in [3.05, 3.63) is 199 Å². The first-order chi connectivity index (χ1) is 35.9. The zero-order valence-electron chi connectivity index (χ0n) is 41.0. The van der Waals surface area contributed by atoms with Crippen LogP contribution in [-0.4, -0.2) is 65.2 Å². The van der Waals surface area contributed by atoms with Gasteiger partial charge >= 0.3 is 12.2 Å². The summed E-state index contributed by atoms with van der Waals surface area (Å²) in [4.78, 5) is 73.2. The van der Waals surface area contributed by atoms with Crippen LogP contribution in [0.25, 0.3) is 19.8 Å². The first kappa shape index (κ1) is 55.5. The predicted octanol–water partition coefficient (Wildman–Crippen LogP) is 11.0. The van der Waals surface area contributed by atoms with E-state index >= 15 is 0 Å². The molecule has 0 unspecified atom stereocenters. The highest BCUT2D eigenvalue weighted by Gasteiger charge is 2.28. The van der Waals surface area contributed by atoms with Crippen LogP contribution in [0, 0.1) is 10.1 Å². The van der Waals surface area contributed by atoms with Crippen molar-refractivity contribution in [2.45, 2.75) is 63.7 Å². The average Bonchev–Trinajstić information content (AvgIpc) is 4.29. The second kappa shape index (κ2) is 28.5. The van der Waals surface area contributed by atoms with E-state index in [0.29, 0.717) is 30.6 Å². The van der Waals surface area contributed by atoms with E-state index in [2.05, 4.69) is 21.3 Å². The summed E-state index contributed by atoms with van der Waals surface area (Å²) < 4.78 is 9.49. The van der Waals surface area contributed by atoms with Crippen LogP contribution < -0.4 is 27.0 Å². The van der Waals surface area contributed by atoms with Gasteiger partial charge in [-0.25, -0.2) is 19.6 Å². The third-order valence-corrected chi connectivity index (χ3v) is 14.8. The van der Waals surface area contributed by atoms with Crippen LogP contribution in [-0.2, 0) is 44.7 Å². The fourth-order valence-corrected chi connectivity index (χ4v) is 10.7. The first-order valence-electron chi connectivity index (χ1n) is 23.4. The van der Waals surface area contributed by atoms with Gasteiger partial charge in [-0.15, -0.1) is 45.3 Å². The van der Waals surface area contributed by atoms with Gasteiger partial charge < -0.3 is 36.5 Å². The largest absolute Gasteiger partial charge is 0.453 e. The van der Waals surface area contributed by atoms with Crippen LogP contribution in [0.2, 0.25) is 0 Å². The molecule has 74 heavy (non-hydrogen) atoms. The molecule has 0 aliphatic rings. The number of amides is 4. The number of methoxy groups -OCH3 is 2. The molecule has 0 saturated carbocycles. The summed E-state index contributed by atoms with van der Waals surface area (Å²) in [6.45, 7) is 4.00. The fraction of sp³-hybridized carbons (Fsp3) is 0.222. The number of nitrogens with one attached hydrogen (secondary N) is 4. The molecule has 0 fully saturated rings. The lowest BCUT2D eigenvalue weighted by Crippen LogP contribution is -2.49. The quantitative estimate of drug-likeness (QED) is 0.0290. The third kappa shape index (κ3) is 16.6. The Morgan fingerprint density at radius 1 is 0.541 bits per heavy atom. The number of benzene rings is 4. The van der Waals surface area contributed by atoms with Crippen LogP contribution in [0.1, 0.15) is 59.6 Å². The number of hydrogen-bond donors (Lipinski definition) is 5. The van der Waals surface area contributed by atoms with Crippen LogP contribution in [0.3, 0.4) is 0 Å². The van der Waals surface area contributed by atoms with E-state index in [1.54, 1.807) is 34.8 Å². The molecule has 4 aromatic carbocycles. The number of nitrogens with zero attached hydrogens (tertiary/aromatic N) is 3. The molecule has 8 aromatic rings. The Morgan fingerprint density at radius 2 is 0.932 bits per heavy atom. The predicted molar refractivity (Wildman–Crippen MR) is 294 cm³/mol. The summed E-state index contributed by atoms with van der Waals surface area (Å²) in [6.07, 6.45) is 0.0995. The van der Waals surface area contributed by atoms with Crippen LogP contribution in [0.15, 0.2) is 155 Å². The van der Waals surface area contributed by atoms with Gasteiger partial charge in [-0.1, -0.05) is 111 Å². The average molecular weight is 1070 g/mol. The van der Waals surface area contributed by atoms with Crippen molar-refractivity contribution in [1.29, 1.82) is 0 Å². The first-order valence-corrected chi connectivity index (χ1v) is 26.9.